The monoisotopic (exact) mass is 331 g/mol. The van der Waals surface area contributed by atoms with E-state index in [4.69, 9.17) is 9.47 Å². The number of carbonyl (C=O) groups excluding carboxylic acids is 2. The molecule has 0 aliphatic heterocycles. The topological polar surface area (TPSA) is 61.4 Å². The highest BCUT2D eigenvalue weighted by Crippen LogP contribution is 2.15. The molecule has 24 heavy (non-hydrogen) atoms. The summed E-state index contributed by atoms with van der Waals surface area (Å²) in [5, 5.41) is 0. The summed E-state index contributed by atoms with van der Waals surface area (Å²) in [6, 6.07) is 7.02. The lowest BCUT2D eigenvalue weighted by Crippen LogP contribution is -2.34. The van der Waals surface area contributed by atoms with Crippen LogP contribution in [0.2, 0.25) is 0 Å². The van der Waals surface area contributed by atoms with E-state index in [0.717, 1.165) is 12.8 Å². The summed E-state index contributed by atoms with van der Waals surface area (Å²) in [4.78, 5) is 22.5. The molecular formula is C18H23N2O4+. The van der Waals surface area contributed by atoms with Gasteiger partial charge in [-0.15, -0.1) is 0 Å². The molecule has 6 nitrogen and oxygen atoms in total. The Bertz CT molecular complexity index is 667. The maximum atomic E-state index is 11.7. The highest BCUT2D eigenvalue weighted by atomic mass is 16.5. The van der Waals surface area contributed by atoms with Crippen molar-refractivity contribution in [2.45, 2.75) is 32.9 Å². The first-order valence-corrected chi connectivity index (χ1v) is 8.10. The van der Waals surface area contributed by atoms with Crippen molar-refractivity contribution in [3.63, 3.8) is 0 Å². The van der Waals surface area contributed by atoms with Gasteiger partial charge in [0.05, 0.1) is 18.7 Å². The molecule has 0 bridgehead atoms. The second-order valence-electron chi connectivity index (χ2n) is 5.31. The van der Waals surface area contributed by atoms with E-state index in [1.165, 1.54) is 0 Å². The maximum absolute atomic E-state index is 11.7. The summed E-state index contributed by atoms with van der Waals surface area (Å²) in [7, 11) is 0. The van der Waals surface area contributed by atoms with Gasteiger partial charge in [0, 0.05) is 6.42 Å². The number of aromatic nitrogens is 2. The molecule has 2 rings (SSSR count). The third-order valence-electron chi connectivity index (χ3n) is 3.55. The molecule has 0 aliphatic rings. The lowest BCUT2D eigenvalue weighted by molar-refractivity contribution is -0.697. The minimum absolute atomic E-state index is 0.238. The average Bonchev–Trinajstić information content (AvgIpc) is 3.07. The van der Waals surface area contributed by atoms with E-state index in [2.05, 4.69) is 11.5 Å². The van der Waals surface area contributed by atoms with Gasteiger partial charge in [0.2, 0.25) is 6.33 Å². The normalized spacial score (nSPS) is 10.4. The molecule has 0 N–H and O–H groups in total. The van der Waals surface area contributed by atoms with Gasteiger partial charge in [-0.1, -0.05) is 12.1 Å². The first kappa shape index (κ1) is 17.7. The lowest BCUT2D eigenvalue weighted by Gasteiger charge is -2.08. The summed E-state index contributed by atoms with van der Waals surface area (Å²) in [5.74, 6) is 0.301. The van der Waals surface area contributed by atoms with Crippen LogP contribution in [0.1, 0.15) is 30.1 Å². The highest BCUT2D eigenvalue weighted by Gasteiger charge is 2.07. The van der Waals surface area contributed by atoms with E-state index in [1.54, 1.807) is 24.3 Å². The molecule has 128 valence electrons. The van der Waals surface area contributed by atoms with Crippen molar-refractivity contribution in [1.82, 2.24) is 4.57 Å². The quantitative estimate of drug-likeness (QED) is 0.289. The van der Waals surface area contributed by atoms with Gasteiger partial charge in [0.1, 0.15) is 31.3 Å². The fraction of sp³-hybridized carbons (Fsp3) is 0.389. The Labute approximate surface area is 141 Å². The Morgan fingerprint density at radius 3 is 2.88 bits per heavy atom. The smallest absolute Gasteiger partial charge is 0.306 e. The lowest BCUT2D eigenvalue weighted by atomic mass is 10.2. The zero-order chi connectivity index (χ0) is 17.2. The van der Waals surface area contributed by atoms with E-state index < -0.39 is 0 Å². The van der Waals surface area contributed by atoms with E-state index in [-0.39, 0.29) is 5.97 Å². The number of aryl methyl sites for hydroxylation is 1. The van der Waals surface area contributed by atoms with Crippen LogP contribution in [0.3, 0.4) is 0 Å². The molecular weight excluding hydrogens is 308 g/mol. The SMILES string of the molecule is CCn1cc[n+](CCOC(=O)CCCOc2ccccc2C=O)c1. The molecule has 0 saturated carbocycles. The van der Waals surface area contributed by atoms with Crippen LogP contribution in [0.4, 0.5) is 0 Å². The van der Waals surface area contributed by atoms with E-state index in [1.807, 2.05) is 23.3 Å². The van der Waals surface area contributed by atoms with Crippen molar-refractivity contribution < 1.29 is 23.6 Å². The number of hydrogen-bond acceptors (Lipinski definition) is 4. The first-order valence-electron chi connectivity index (χ1n) is 8.10. The fourth-order valence-corrected chi connectivity index (χ4v) is 2.20. The molecule has 1 aromatic heterocycles. The van der Waals surface area contributed by atoms with Crippen molar-refractivity contribution in [3.05, 3.63) is 48.5 Å². The van der Waals surface area contributed by atoms with Gasteiger partial charge in [-0.3, -0.25) is 9.59 Å². The average molecular weight is 331 g/mol. The molecule has 0 saturated heterocycles. The minimum atomic E-state index is -0.238. The van der Waals surface area contributed by atoms with Crippen LogP contribution in [0, 0.1) is 0 Å². The van der Waals surface area contributed by atoms with Gasteiger partial charge in [0.25, 0.3) is 0 Å². The van der Waals surface area contributed by atoms with Crippen molar-refractivity contribution in [3.8, 4) is 5.75 Å². The number of nitrogens with zero attached hydrogens (tertiary/aromatic N) is 2. The Morgan fingerprint density at radius 1 is 1.29 bits per heavy atom. The molecule has 0 spiro atoms. The number of imidazole rings is 1. The molecule has 2 aromatic rings. The molecule has 0 aliphatic carbocycles. The van der Waals surface area contributed by atoms with Gasteiger partial charge in [-0.2, -0.15) is 0 Å². The second kappa shape index (κ2) is 9.50. The number of hydrogen-bond donors (Lipinski definition) is 0. The summed E-state index contributed by atoms with van der Waals surface area (Å²) in [5.41, 5.74) is 0.510. The molecule has 1 heterocycles. The van der Waals surface area contributed by atoms with Crippen LogP contribution < -0.4 is 9.30 Å². The van der Waals surface area contributed by atoms with Crippen molar-refractivity contribution >= 4 is 12.3 Å². The number of ether oxygens (including phenoxy) is 2. The van der Waals surface area contributed by atoms with Crippen LogP contribution in [-0.2, 0) is 22.6 Å². The third-order valence-corrected chi connectivity index (χ3v) is 3.55. The van der Waals surface area contributed by atoms with Gasteiger partial charge in [-0.25, -0.2) is 9.13 Å². The summed E-state index contributed by atoms with van der Waals surface area (Å²) in [6.45, 7) is 4.35. The predicted octanol–water partition coefficient (Wildman–Crippen LogP) is 2.01. The summed E-state index contributed by atoms with van der Waals surface area (Å²) >= 11 is 0. The fourth-order valence-electron chi connectivity index (χ4n) is 2.20. The second-order valence-corrected chi connectivity index (χ2v) is 5.31. The van der Waals surface area contributed by atoms with Crippen molar-refractivity contribution in [2.75, 3.05) is 13.2 Å². The number of benzene rings is 1. The molecule has 0 radical (unpaired) electrons. The maximum Gasteiger partial charge on any atom is 0.306 e. The van der Waals surface area contributed by atoms with Crippen LogP contribution in [0.15, 0.2) is 43.0 Å². The van der Waals surface area contributed by atoms with E-state index in [9.17, 15) is 9.59 Å². The predicted molar refractivity (Wildman–Crippen MR) is 87.8 cm³/mol. The van der Waals surface area contributed by atoms with Crippen molar-refractivity contribution in [2.24, 2.45) is 0 Å². The third kappa shape index (κ3) is 5.53. The standard InChI is InChI=1S/C18H23N2O4/c1-2-19-9-10-20(15-19)11-13-24-18(22)8-5-12-23-17-7-4-3-6-16(17)14-21/h3-4,6-7,9-10,14-15H,2,5,8,11-13H2,1H3/q+1. The number of rotatable bonds is 10. The first-order chi connectivity index (χ1) is 11.7. The van der Waals surface area contributed by atoms with Crippen LogP contribution >= 0.6 is 0 Å². The molecule has 0 unspecified atom stereocenters. The van der Waals surface area contributed by atoms with Gasteiger partial charge >= 0.3 is 5.97 Å². The van der Waals surface area contributed by atoms with Gasteiger partial charge < -0.3 is 9.47 Å². The number of esters is 1. The summed E-state index contributed by atoms with van der Waals surface area (Å²) in [6.07, 6.45) is 7.51. The van der Waals surface area contributed by atoms with Crippen LogP contribution in [0.5, 0.6) is 5.75 Å². The minimum Gasteiger partial charge on any atom is -0.493 e. The number of aldehydes is 1. The Balaban J connectivity index is 1.60. The molecule has 6 heteroatoms. The Kier molecular flexibility index (Phi) is 7.01. The summed E-state index contributed by atoms with van der Waals surface area (Å²) < 4.78 is 14.8. The number of para-hydroxylation sites is 1. The number of carbonyl (C=O) groups is 2. The zero-order valence-electron chi connectivity index (χ0n) is 13.9. The van der Waals surface area contributed by atoms with Gasteiger partial charge in [0.15, 0.2) is 6.29 Å². The zero-order valence-corrected chi connectivity index (χ0v) is 13.9. The molecule has 0 fully saturated rings. The van der Waals surface area contributed by atoms with Crippen LogP contribution in [0.25, 0.3) is 0 Å². The van der Waals surface area contributed by atoms with Gasteiger partial charge in [-0.05, 0) is 25.5 Å². The molecule has 0 atom stereocenters. The largest absolute Gasteiger partial charge is 0.493 e. The highest BCUT2D eigenvalue weighted by molar-refractivity contribution is 5.79. The molecule has 1 aromatic carbocycles. The van der Waals surface area contributed by atoms with E-state index >= 15 is 0 Å². The van der Waals surface area contributed by atoms with Crippen molar-refractivity contribution in [1.29, 1.82) is 0 Å². The Morgan fingerprint density at radius 2 is 2.12 bits per heavy atom. The Hall–Kier alpha value is -2.63. The van der Waals surface area contributed by atoms with Crippen LogP contribution in [-0.4, -0.2) is 30.0 Å². The molecule has 0 amide bonds. The van der Waals surface area contributed by atoms with E-state index in [0.29, 0.717) is 43.9 Å².